The Morgan fingerprint density at radius 2 is 1.90 bits per heavy atom. The lowest BCUT2D eigenvalue weighted by Gasteiger charge is -2.07. The zero-order chi connectivity index (χ0) is 15.2. The van der Waals surface area contributed by atoms with E-state index in [1.165, 1.54) is 4.90 Å². The molecule has 0 saturated carbocycles. The van der Waals surface area contributed by atoms with E-state index in [4.69, 9.17) is 4.74 Å². The lowest BCUT2D eigenvalue weighted by atomic mass is 10.0. The summed E-state index contributed by atoms with van der Waals surface area (Å²) in [6, 6.07) is 13.5. The molecule has 0 aliphatic heterocycles. The topological polar surface area (TPSA) is 26.3 Å². The van der Waals surface area contributed by atoms with Crippen LogP contribution in [0.5, 0.6) is 5.75 Å². The van der Waals surface area contributed by atoms with Crippen LogP contribution in [0.3, 0.4) is 0 Å². The fraction of sp³-hybridized carbons (Fsp3) is 0.235. The van der Waals surface area contributed by atoms with Crippen LogP contribution in [-0.4, -0.2) is 18.6 Å². The predicted octanol–water partition coefficient (Wildman–Crippen LogP) is 5.00. The fourth-order valence-corrected chi connectivity index (χ4v) is 3.04. The second kappa shape index (κ2) is 7.66. The smallest absolute Gasteiger partial charge is 0.167 e. The summed E-state index contributed by atoms with van der Waals surface area (Å²) < 4.78 is 6.13. The summed E-state index contributed by atoms with van der Waals surface area (Å²) in [5.74, 6) is 1.90. The highest BCUT2D eigenvalue weighted by Crippen LogP contribution is 2.24. The molecule has 0 heterocycles. The Morgan fingerprint density at radius 1 is 1.19 bits per heavy atom. The molecule has 21 heavy (non-hydrogen) atoms. The van der Waals surface area contributed by atoms with E-state index in [1.807, 2.05) is 42.5 Å². The average Bonchev–Trinajstić information content (AvgIpc) is 2.50. The molecule has 0 aromatic heterocycles. The van der Waals surface area contributed by atoms with Gasteiger partial charge >= 0.3 is 0 Å². The molecule has 2 aromatic carbocycles. The first-order chi connectivity index (χ1) is 10.1. The van der Waals surface area contributed by atoms with Crippen LogP contribution in [0.2, 0.25) is 0 Å². The van der Waals surface area contributed by atoms with Gasteiger partial charge in [-0.1, -0.05) is 35.0 Å². The van der Waals surface area contributed by atoms with E-state index in [2.05, 4.69) is 22.9 Å². The van der Waals surface area contributed by atoms with Gasteiger partial charge in [-0.3, -0.25) is 4.79 Å². The van der Waals surface area contributed by atoms with Crippen LogP contribution in [0, 0.1) is 0 Å². The number of benzene rings is 2. The number of halogens is 1. The first-order valence-corrected chi connectivity index (χ1v) is 8.50. The third kappa shape index (κ3) is 4.35. The van der Waals surface area contributed by atoms with Crippen LogP contribution in [0.15, 0.2) is 51.8 Å². The standard InChI is InChI=1S/C17H17BrO2S/c1-3-21-15-7-4-12(5-8-15)17(19)11-13-10-14(20-2)6-9-16(13)18/h4-10H,3,11H2,1-2H3. The average molecular weight is 365 g/mol. The van der Waals surface area contributed by atoms with Crippen LogP contribution in [0.25, 0.3) is 0 Å². The number of hydrogen-bond acceptors (Lipinski definition) is 3. The summed E-state index contributed by atoms with van der Waals surface area (Å²) in [5.41, 5.74) is 1.68. The number of methoxy groups -OCH3 is 1. The van der Waals surface area contributed by atoms with E-state index in [0.717, 1.165) is 27.1 Å². The first kappa shape index (κ1) is 16.1. The second-order valence-electron chi connectivity index (χ2n) is 4.51. The zero-order valence-corrected chi connectivity index (χ0v) is 14.5. The minimum atomic E-state index is 0.108. The molecule has 0 fully saturated rings. The number of rotatable bonds is 6. The Balaban J connectivity index is 2.14. The quantitative estimate of drug-likeness (QED) is 0.533. The van der Waals surface area contributed by atoms with E-state index >= 15 is 0 Å². The van der Waals surface area contributed by atoms with Gasteiger partial charge in [0.25, 0.3) is 0 Å². The van der Waals surface area contributed by atoms with Crippen molar-refractivity contribution in [2.24, 2.45) is 0 Å². The number of thioether (sulfide) groups is 1. The van der Waals surface area contributed by atoms with Crippen LogP contribution >= 0.6 is 27.7 Å². The van der Waals surface area contributed by atoms with E-state index in [1.54, 1.807) is 18.9 Å². The molecule has 0 spiro atoms. The minimum absolute atomic E-state index is 0.108. The Bertz CT molecular complexity index is 623. The molecule has 0 aliphatic rings. The number of ether oxygens (including phenoxy) is 1. The SMILES string of the molecule is CCSc1ccc(C(=O)Cc2cc(OC)ccc2Br)cc1. The van der Waals surface area contributed by atoms with E-state index < -0.39 is 0 Å². The summed E-state index contributed by atoms with van der Waals surface area (Å²) in [6.07, 6.45) is 0.359. The van der Waals surface area contributed by atoms with Gasteiger partial charge in [-0.25, -0.2) is 0 Å². The zero-order valence-electron chi connectivity index (χ0n) is 12.1. The third-order valence-corrected chi connectivity index (χ3v) is 4.76. The molecule has 0 atom stereocenters. The predicted molar refractivity (Wildman–Crippen MR) is 91.6 cm³/mol. The van der Waals surface area contributed by atoms with Crippen molar-refractivity contribution in [3.63, 3.8) is 0 Å². The highest BCUT2D eigenvalue weighted by atomic mass is 79.9. The highest BCUT2D eigenvalue weighted by Gasteiger charge is 2.10. The Morgan fingerprint density at radius 3 is 2.52 bits per heavy atom. The maximum absolute atomic E-state index is 12.4. The molecule has 0 unspecified atom stereocenters. The van der Waals surface area contributed by atoms with Gasteiger partial charge in [0.05, 0.1) is 7.11 Å². The van der Waals surface area contributed by atoms with Crippen LogP contribution in [0.1, 0.15) is 22.8 Å². The normalized spacial score (nSPS) is 10.4. The van der Waals surface area contributed by atoms with Gasteiger partial charge in [-0.2, -0.15) is 0 Å². The Kier molecular flexibility index (Phi) is 5.88. The first-order valence-electron chi connectivity index (χ1n) is 6.72. The molecule has 110 valence electrons. The van der Waals surface area contributed by atoms with Crippen molar-refractivity contribution in [1.29, 1.82) is 0 Å². The van der Waals surface area contributed by atoms with E-state index in [9.17, 15) is 4.79 Å². The molecule has 0 radical (unpaired) electrons. The molecule has 0 aliphatic carbocycles. The van der Waals surface area contributed by atoms with Crippen molar-refractivity contribution in [2.75, 3.05) is 12.9 Å². The van der Waals surface area contributed by atoms with Gasteiger partial charge in [0.1, 0.15) is 5.75 Å². The summed E-state index contributed by atoms with van der Waals surface area (Å²) in [5, 5.41) is 0. The summed E-state index contributed by atoms with van der Waals surface area (Å²) in [6.45, 7) is 2.12. The third-order valence-electron chi connectivity index (χ3n) is 3.09. The molecule has 2 rings (SSSR count). The fourth-order valence-electron chi connectivity index (χ4n) is 1.99. The van der Waals surface area contributed by atoms with Gasteiger partial charge < -0.3 is 4.74 Å². The number of Topliss-reactive ketones (excluding diaryl/α,β-unsaturated/α-hetero) is 1. The maximum atomic E-state index is 12.4. The minimum Gasteiger partial charge on any atom is -0.497 e. The number of carbonyl (C=O) groups is 1. The monoisotopic (exact) mass is 364 g/mol. The Hall–Kier alpha value is -1.26. The molecule has 2 aromatic rings. The molecular weight excluding hydrogens is 348 g/mol. The molecule has 4 heteroatoms. The Labute approximate surface area is 138 Å². The van der Waals surface area contributed by atoms with E-state index in [0.29, 0.717) is 6.42 Å². The molecule has 0 N–H and O–H groups in total. The summed E-state index contributed by atoms with van der Waals surface area (Å²) in [7, 11) is 1.62. The van der Waals surface area contributed by atoms with Gasteiger partial charge in [-0.15, -0.1) is 11.8 Å². The molecular formula is C17H17BrO2S. The van der Waals surface area contributed by atoms with Crippen LogP contribution < -0.4 is 4.74 Å². The highest BCUT2D eigenvalue weighted by molar-refractivity contribution is 9.10. The van der Waals surface area contributed by atoms with Crippen LogP contribution in [0.4, 0.5) is 0 Å². The maximum Gasteiger partial charge on any atom is 0.167 e. The van der Waals surface area contributed by atoms with Crippen molar-refractivity contribution < 1.29 is 9.53 Å². The lowest BCUT2D eigenvalue weighted by molar-refractivity contribution is 0.0992. The lowest BCUT2D eigenvalue weighted by Crippen LogP contribution is -2.04. The molecule has 0 amide bonds. The largest absolute Gasteiger partial charge is 0.497 e. The number of hydrogen-bond donors (Lipinski definition) is 0. The molecule has 0 bridgehead atoms. The van der Waals surface area contributed by atoms with Gasteiger partial charge in [0, 0.05) is 21.4 Å². The van der Waals surface area contributed by atoms with E-state index in [-0.39, 0.29) is 5.78 Å². The van der Waals surface area contributed by atoms with Crippen molar-refractivity contribution in [2.45, 2.75) is 18.2 Å². The van der Waals surface area contributed by atoms with Gasteiger partial charge in [-0.05, 0) is 41.6 Å². The van der Waals surface area contributed by atoms with Crippen molar-refractivity contribution in [3.05, 3.63) is 58.1 Å². The van der Waals surface area contributed by atoms with Crippen molar-refractivity contribution in [1.82, 2.24) is 0 Å². The van der Waals surface area contributed by atoms with Gasteiger partial charge in [0.2, 0.25) is 0 Å². The number of ketones is 1. The van der Waals surface area contributed by atoms with Gasteiger partial charge in [0.15, 0.2) is 5.78 Å². The summed E-state index contributed by atoms with van der Waals surface area (Å²) >= 11 is 5.25. The van der Waals surface area contributed by atoms with Crippen molar-refractivity contribution >= 4 is 33.5 Å². The second-order valence-corrected chi connectivity index (χ2v) is 6.71. The summed E-state index contributed by atoms with van der Waals surface area (Å²) in [4.78, 5) is 13.6. The van der Waals surface area contributed by atoms with Crippen molar-refractivity contribution in [3.8, 4) is 5.75 Å². The molecule has 0 saturated heterocycles. The number of carbonyl (C=O) groups excluding carboxylic acids is 1. The molecule has 2 nitrogen and oxygen atoms in total. The van der Waals surface area contributed by atoms with Crippen LogP contribution in [-0.2, 0) is 6.42 Å².